The van der Waals surface area contributed by atoms with Crippen LogP contribution in [0, 0.1) is 0 Å². The zero-order chi connectivity index (χ0) is 21.4. The van der Waals surface area contributed by atoms with E-state index in [1.54, 1.807) is 6.07 Å². The average molecular weight is 422 g/mol. The van der Waals surface area contributed by atoms with Crippen molar-refractivity contribution >= 4 is 5.96 Å². The summed E-state index contributed by atoms with van der Waals surface area (Å²) >= 11 is 0. The molecule has 2 aromatic rings. The van der Waals surface area contributed by atoms with Crippen molar-refractivity contribution in [1.29, 1.82) is 0 Å². The molecule has 1 aromatic heterocycles. The Morgan fingerprint density at radius 1 is 1.17 bits per heavy atom. The van der Waals surface area contributed by atoms with Crippen LogP contribution < -0.4 is 10.6 Å². The van der Waals surface area contributed by atoms with Gasteiger partial charge in [-0.2, -0.15) is 13.2 Å². The van der Waals surface area contributed by atoms with Crippen molar-refractivity contribution < 1.29 is 13.2 Å². The molecule has 0 atom stereocenters. The number of nitrogens with zero attached hydrogens (tertiary/aromatic N) is 4. The van der Waals surface area contributed by atoms with Crippen LogP contribution in [0.5, 0.6) is 0 Å². The summed E-state index contributed by atoms with van der Waals surface area (Å²) in [6.07, 6.45) is 1.93. The van der Waals surface area contributed by atoms with E-state index in [1.807, 2.05) is 6.92 Å². The Balaban J connectivity index is 1.52. The van der Waals surface area contributed by atoms with Crippen LogP contribution >= 0.6 is 0 Å². The Labute approximate surface area is 175 Å². The third-order valence-electron chi connectivity index (χ3n) is 5.07. The maximum atomic E-state index is 12.9. The van der Waals surface area contributed by atoms with E-state index in [2.05, 4.69) is 30.4 Å². The Morgan fingerprint density at radius 3 is 2.83 bits per heavy atom. The highest BCUT2D eigenvalue weighted by Gasteiger charge is 2.30. The number of hydrogen-bond acceptors (Lipinski definition) is 3. The van der Waals surface area contributed by atoms with Gasteiger partial charge in [0.25, 0.3) is 0 Å². The average Bonchev–Trinajstić information content (AvgIpc) is 2.94. The SMILES string of the molecule is CCNC(=NCc1cccc(C(F)(F)F)c1)NCCCc1nnc2n1CCCCC2. The first-order valence-electron chi connectivity index (χ1n) is 10.6. The molecule has 0 unspecified atom stereocenters. The van der Waals surface area contributed by atoms with E-state index in [4.69, 9.17) is 0 Å². The topological polar surface area (TPSA) is 67.1 Å². The molecular formula is C21H29F3N6. The maximum absolute atomic E-state index is 12.9. The number of aryl methyl sites for hydroxylation is 2. The second kappa shape index (κ2) is 10.4. The minimum absolute atomic E-state index is 0.178. The molecule has 0 bridgehead atoms. The molecule has 0 fully saturated rings. The van der Waals surface area contributed by atoms with Crippen molar-refractivity contribution in [3.8, 4) is 0 Å². The lowest BCUT2D eigenvalue weighted by molar-refractivity contribution is -0.137. The Kier molecular flexibility index (Phi) is 7.70. The van der Waals surface area contributed by atoms with Gasteiger partial charge in [-0.15, -0.1) is 10.2 Å². The van der Waals surface area contributed by atoms with Crippen LogP contribution in [0.25, 0.3) is 0 Å². The molecule has 1 aromatic carbocycles. The number of aliphatic imine (C=N–C) groups is 1. The Morgan fingerprint density at radius 2 is 2.03 bits per heavy atom. The van der Waals surface area contributed by atoms with E-state index in [9.17, 15) is 13.2 Å². The summed E-state index contributed by atoms with van der Waals surface area (Å²) in [6.45, 7) is 4.48. The van der Waals surface area contributed by atoms with Crippen LogP contribution in [0.3, 0.4) is 0 Å². The molecule has 0 radical (unpaired) electrons. The third-order valence-corrected chi connectivity index (χ3v) is 5.07. The minimum Gasteiger partial charge on any atom is -0.357 e. The molecule has 1 aliphatic rings. The molecule has 0 aliphatic carbocycles. The van der Waals surface area contributed by atoms with Crippen LogP contribution in [0.15, 0.2) is 29.3 Å². The minimum atomic E-state index is -4.34. The highest BCUT2D eigenvalue weighted by Crippen LogP contribution is 2.29. The van der Waals surface area contributed by atoms with Crippen LogP contribution in [0.4, 0.5) is 13.2 Å². The molecular weight excluding hydrogens is 393 g/mol. The van der Waals surface area contributed by atoms with Crippen molar-refractivity contribution in [2.24, 2.45) is 4.99 Å². The second-order valence-electron chi connectivity index (χ2n) is 7.42. The van der Waals surface area contributed by atoms with E-state index in [-0.39, 0.29) is 6.54 Å². The quantitative estimate of drug-likeness (QED) is 0.406. The fourth-order valence-electron chi connectivity index (χ4n) is 3.54. The van der Waals surface area contributed by atoms with Crippen LogP contribution in [-0.4, -0.2) is 33.8 Å². The van der Waals surface area contributed by atoms with E-state index < -0.39 is 11.7 Å². The maximum Gasteiger partial charge on any atom is 0.416 e. The van der Waals surface area contributed by atoms with Gasteiger partial charge in [0.05, 0.1) is 12.1 Å². The summed E-state index contributed by atoms with van der Waals surface area (Å²) in [5.41, 5.74) is -0.131. The highest BCUT2D eigenvalue weighted by molar-refractivity contribution is 5.79. The van der Waals surface area contributed by atoms with E-state index in [0.717, 1.165) is 49.6 Å². The number of alkyl halides is 3. The molecule has 2 N–H and O–H groups in total. The largest absolute Gasteiger partial charge is 0.416 e. The molecule has 2 heterocycles. The van der Waals surface area contributed by atoms with Crippen LogP contribution in [-0.2, 0) is 32.1 Å². The lowest BCUT2D eigenvalue weighted by atomic mass is 10.1. The van der Waals surface area contributed by atoms with Gasteiger partial charge < -0.3 is 15.2 Å². The summed E-state index contributed by atoms with van der Waals surface area (Å²) < 4.78 is 40.8. The molecule has 164 valence electrons. The van der Waals surface area contributed by atoms with Crippen molar-refractivity contribution in [2.45, 2.75) is 64.7 Å². The zero-order valence-electron chi connectivity index (χ0n) is 17.3. The van der Waals surface area contributed by atoms with Gasteiger partial charge in [-0.25, -0.2) is 4.99 Å². The van der Waals surface area contributed by atoms with Crippen molar-refractivity contribution in [1.82, 2.24) is 25.4 Å². The van der Waals surface area contributed by atoms with Crippen LogP contribution in [0.1, 0.15) is 55.4 Å². The first kappa shape index (κ1) is 22.1. The number of aromatic nitrogens is 3. The smallest absolute Gasteiger partial charge is 0.357 e. The fourth-order valence-corrected chi connectivity index (χ4v) is 3.54. The van der Waals surface area contributed by atoms with Gasteiger partial charge in [-0.1, -0.05) is 18.6 Å². The van der Waals surface area contributed by atoms with Gasteiger partial charge in [-0.3, -0.25) is 0 Å². The number of benzene rings is 1. The van der Waals surface area contributed by atoms with E-state index >= 15 is 0 Å². The number of rotatable bonds is 7. The normalized spacial score (nSPS) is 14.9. The van der Waals surface area contributed by atoms with Crippen molar-refractivity contribution in [3.05, 3.63) is 47.0 Å². The number of guanidine groups is 1. The predicted octanol–water partition coefficient (Wildman–Crippen LogP) is 3.71. The van der Waals surface area contributed by atoms with Gasteiger partial charge in [0, 0.05) is 32.5 Å². The summed E-state index contributed by atoms with van der Waals surface area (Å²) in [4.78, 5) is 4.42. The molecule has 9 heteroatoms. The Bertz CT molecular complexity index is 844. The molecule has 30 heavy (non-hydrogen) atoms. The standard InChI is InChI=1S/C21H29F3N6/c1-2-25-20(27-15-16-8-6-9-17(14-16)21(22,23)24)26-12-7-11-19-29-28-18-10-4-3-5-13-30(18)19/h6,8-9,14H,2-5,7,10-13,15H2,1H3,(H2,25,26,27). The number of nitrogens with one attached hydrogen (secondary N) is 2. The van der Waals surface area contributed by atoms with Gasteiger partial charge >= 0.3 is 6.18 Å². The number of fused-ring (bicyclic) bond motifs is 1. The van der Waals surface area contributed by atoms with Crippen molar-refractivity contribution in [2.75, 3.05) is 13.1 Å². The summed E-state index contributed by atoms with van der Waals surface area (Å²) in [5, 5.41) is 15.1. The molecule has 6 nitrogen and oxygen atoms in total. The number of hydrogen-bond donors (Lipinski definition) is 2. The van der Waals surface area contributed by atoms with Gasteiger partial charge in [-0.05, 0) is 43.9 Å². The molecule has 0 saturated carbocycles. The molecule has 0 spiro atoms. The monoisotopic (exact) mass is 422 g/mol. The van der Waals surface area contributed by atoms with Crippen LogP contribution in [0.2, 0.25) is 0 Å². The van der Waals surface area contributed by atoms with E-state index in [0.29, 0.717) is 24.6 Å². The lowest BCUT2D eigenvalue weighted by Gasteiger charge is -2.12. The second-order valence-corrected chi connectivity index (χ2v) is 7.42. The lowest BCUT2D eigenvalue weighted by Crippen LogP contribution is -2.37. The molecule has 1 aliphatic heterocycles. The first-order valence-corrected chi connectivity index (χ1v) is 10.6. The van der Waals surface area contributed by atoms with Crippen molar-refractivity contribution in [3.63, 3.8) is 0 Å². The number of halogens is 3. The molecule has 0 saturated heterocycles. The third kappa shape index (κ3) is 6.21. The summed E-state index contributed by atoms with van der Waals surface area (Å²) in [6, 6.07) is 5.28. The Hall–Kier alpha value is -2.58. The zero-order valence-corrected chi connectivity index (χ0v) is 17.3. The predicted molar refractivity (Wildman–Crippen MR) is 110 cm³/mol. The van der Waals surface area contributed by atoms with E-state index in [1.165, 1.54) is 25.3 Å². The summed E-state index contributed by atoms with van der Waals surface area (Å²) in [7, 11) is 0. The first-order chi connectivity index (χ1) is 14.5. The fraction of sp³-hybridized carbons (Fsp3) is 0.571. The molecule has 0 amide bonds. The van der Waals surface area contributed by atoms with Gasteiger partial charge in [0.15, 0.2) is 5.96 Å². The highest BCUT2D eigenvalue weighted by atomic mass is 19.4. The van der Waals surface area contributed by atoms with Gasteiger partial charge in [0.1, 0.15) is 11.6 Å². The molecule has 3 rings (SSSR count). The van der Waals surface area contributed by atoms with Gasteiger partial charge in [0.2, 0.25) is 0 Å². The summed E-state index contributed by atoms with van der Waals surface area (Å²) in [5.74, 6) is 2.71.